The van der Waals surface area contributed by atoms with Gasteiger partial charge in [-0.25, -0.2) is 4.79 Å². The zero-order valence-corrected chi connectivity index (χ0v) is 28.6. The van der Waals surface area contributed by atoms with Crippen molar-refractivity contribution in [2.24, 2.45) is 0 Å². The lowest BCUT2D eigenvalue weighted by Crippen LogP contribution is -2.36. The Hall–Kier alpha value is -3.22. The molecule has 0 aliphatic carbocycles. The summed E-state index contributed by atoms with van der Waals surface area (Å²) in [6.07, 6.45) is 3.08. The van der Waals surface area contributed by atoms with E-state index in [-0.39, 0.29) is 34.4 Å². The number of imide groups is 1. The Bertz CT molecular complexity index is 1690. The largest absolute Gasteiger partial charge is 0.493 e. The van der Waals surface area contributed by atoms with Crippen LogP contribution < -0.4 is 14.8 Å². The summed E-state index contributed by atoms with van der Waals surface area (Å²) in [4.78, 5) is 51.9. The first kappa shape index (κ1) is 34.6. The van der Waals surface area contributed by atoms with Gasteiger partial charge < -0.3 is 19.5 Å². The first-order valence-electron chi connectivity index (χ1n) is 13.5. The second-order valence-corrected chi connectivity index (χ2v) is 12.7. The van der Waals surface area contributed by atoms with Gasteiger partial charge in [0.1, 0.15) is 13.2 Å². The Kier molecular flexibility index (Phi) is 12.2. The lowest BCUT2D eigenvalue weighted by atomic mass is 10.1. The number of hydrogen-bond acceptors (Lipinski definition) is 8. The molecule has 4 rings (SSSR count). The van der Waals surface area contributed by atoms with E-state index < -0.39 is 29.6 Å². The van der Waals surface area contributed by atoms with Crippen LogP contribution in [-0.2, 0) is 20.9 Å². The number of carbonyl (C=O) groups excluding carboxylic acids is 4. The maximum Gasteiger partial charge on any atom is 0.339 e. The molecule has 14 heteroatoms. The molecule has 1 N–H and O–H groups in total. The summed E-state index contributed by atoms with van der Waals surface area (Å²) in [6, 6.07) is 12.8. The monoisotopic (exact) mass is 754 g/mol. The third-order valence-electron chi connectivity index (χ3n) is 6.31. The van der Waals surface area contributed by atoms with Crippen molar-refractivity contribution in [2.45, 2.75) is 26.4 Å². The molecular weight excluding hydrogens is 731 g/mol. The second-order valence-electron chi connectivity index (χ2n) is 9.56. The van der Waals surface area contributed by atoms with Crippen LogP contribution in [0.5, 0.6) is 11.5 Å². The summed E-state index contributed by atoms with van der Waals surface area (Å²) in [5.41, 5.74) is 1.61. The molecule has 0 aromatic heterocycles. The van der Waals surface area contributed by atoms with Gasteiger partial charge in [-0.2, -0.15) is 0 Å². The van der Waals surface area contributed by atoms with E-state index in [4.69, 9.17) is 49.0 Å². The molecule has 0 spiro atoms. The number of amides is 3. The number of unbranched alkanes of at least 4 members (excludes halogenated alkanes) is 1. The van der Waals surface area contributed by atoms with Crippen LogP contribution in [0.4, 0.5) is 10.5 Å². The van der Waals surface area contributed by atoms with Crippen LogP contribution in [0.2, 0.25) is 15.1 Å². The number of rotatable bonds is 12. The number of carbonyl (C=O) groups is 4. The molecule has 0 unspecified atom stereocenters. The van der Waals surface area contributed by atoms with Crippen LogP contribution in [0.3, 0.4) is 0 Å². The third-order valence-corrected chi connectivity index (χ3v) is 8.73. The number of nitrogens with one attached hydrogen (secondary N) is 1. The number of halogens is 4. The minimum Gasteiger partial charge on any atom is -0.493 e. The summed E-state index contributed by atoms with van der Waals surface area (Å²) in [7, 11) is 1.47. The SMILES string of the molecule is CCCCOC(=O)c1cc(NC(=O)CN2C(=O)S/C(=C/c3cc(Br)c(OCc4ccc(Cl)cc4Cl)c(OC)c3)C2=O)ccc1Cl. The summed E-state index contributed by atoms with van der Waals surface area (Å²) in [5.74, 6) is -1.11. The fourth-order valence-corrected chi connectivity index (χ4v) is 6.10. The first-order chi connectivity index (χ1) is 21.5. The highest BCUT2D eigenvalue weighted by molar-refractivity contribution is 9.10. The van der Waals surface area contributed by atoms with Crippen LogP contribution in [0.15, 0.2) is 57.9 Å². The first-order valence-corrected chi connectivity index (χ1v) is 16.2. The number of thioether (sulfide) groups is 1. The average Bonchev–Trinajstić information content (AvgIpc) is 3.25. The molecule has 0 bridgehead atoms. The summed E-state index contributed by atoms with van der Waals surface area (Å²) >= 11 is 22.5. The average molecular weight is 757 g/mol. The van der Waals surface area contributed by atoms with Gasteiger partial charge in [0.05, 0.1) is 33.7 Å². The third kappa shape index (κ3) is 8.95. The van der Waals surface area contributed by atoms with E-state index in [1.54, 1.807) is 30.3 Å². The van der Waals surface area contributed by atoms with E-state index in [2.05, 4.69) is 21.2 Å². The minimum atomic E-state index is -0.641. The van der Waals surface area contributed by atoms with E-state index in [9.17, 15) is 19.2 Å². The maximum absolute atomic E-state index is 13.1. The predicted octanol–water partition coefficient (Wildman–Crippen LogP) is 8.63. The molecule has 0 saturated carbocycles. The van der Waals surface area contributed by atoms with Crippen LogP contribution in [0, 0.1) is 0 Å². The van der Waals surface area contributed by atoms with Gasteiger partial charge in [0.15, 0.2) is 11.5 Å². The Labute approximate surface area is 287 Å². The van der Waals surface area contributed by atoms with E-state index in [1.807, 2.05) is 6.92 Å². The van der Waals surface area contributed by atoms with E-state index >= 15 is 0 Å². The fourth-order valence-electron chi connectivity index (χ4n) is 4.03. The lowest BCUT2D eigenvalue weighted by Gasteiger charge is -2.14. The van der Waals surface area contributed by atoms with Gasteiger partial charge in [0.25, 0.3) is 11.1 Å². The van der Waals surface area contributed by atoms with Crippen molar-refractivity contribution in [3.8, 4) is 11.5 Å². The standard InChI is InChI=1S/C31H26BrCl3N2O7S/c1-3-4-9-43-30(40)21-14-20(7-8-23(21)34)36-27(38)15-37-29(39)26(45-31(37)41)12-17-10-22(32)28(25(11-17)42-2)44-16-18-5-6-19(33)13-24(18)35/h5-8,10-14H,3-4,9,15-16H2,1-2H3,(H,36,38)/b26-12+. The summed E-state index contributed by atoms with van der Waals surface area (Å²) < 4.78 is 17.2. The van der Waals surface area contributed by atoms with Crippen molar-refractivity contribution in [2.75, 3.05) is 25.6 Å². The van der Waals surface area contributed by atoms with E-state index in [1.165, 1.54) is 31.4 Å². The summed E-state index contributed by atoms with van der Waals surface area (Å²) in [6.45, 7) is 1.83. The van der Waals surface area contributed by atoms with Gasteiger partial charge in [-0.05, 0) is 88.2 Å². The lowest BCUT2D eigenvalue weighted by molar-refractivity contribution is -0.127. The minimum absolute atomic E-state index is 0.0893. The molecule has 3 aromatic carbocycles. The molecule has 0 atom stereocenters. The van der Waals surface area contributed by atoms with Crippen molar-refractivity contribution in [3.63, 3.8) is 0 Å². The normalized spacial score (nSPS) is 13.7. The highest BCUT2D eigenvalue weighted by atomic mass is 79.9. The number of anilines is 1. The van der Waals surface area contributed by atoms with E-state index in [0.717, 1.165) is 16.9 Å². The molecule has 1 aliphatic heterocycles. The van der Waals surface area contributed by atoms with Crippen molar-refractivity contribution < 1.29 is 33.4 Å². The quantitative estimate of drug-likeness (QED) is 0.111. The number of ether oxygens (including phenoxy) is 3. The van der Waals surface area contributed by atoms with Gasteiger partial charge in [-0.15, -0.1) is 0 Å². The molecule has 9 nitrogen and oxygen atoms in total. The smallest absolute Gasteiger partial charge is 0.339 e. The van der Waals surface area contributed by atoms with Crippen molar-refractivity contribution >= 4 is 97.3 Å². The fraction of sp³-hybridized carbons (Fsp3) is 0.226. The Morgan fingerprint density at radius 3 is 2.53 bits per heavy atom. The molecule has 0 radical (unpaired) electrons. The van der Waals surface area contributed by atoms with Crippen LogP contribution in [-0.4, -0.2) is 48.2 Å². The predicted molar refractivity (Wildman–Crippen MR) is 179 cm³/mol. The van der Waals surface area contributed by atoms with Gasteiger partial charge >= 0.3 is 5.97 Å². The molecule has 1 aliphatic rings. The molecule has 3 amide bonds. The van der Waals surface area contributed by atoms with Gasteiger partial charge in [0.2, 0.25) is 5.91 Å². The zero-order valence-electron chi connectivity index (χ0n) is 24.0. The van der Waals surface area contributed by atoms with Crippen LogP contribution in [0.25, 0.3) is 6.08 Å². The van der Waals surface area contributed by atoms with Gasteiger partial charge in [-0.3, -0.25) is 19.3 Å². The maximum atomic E-state index is 13.1. The Morgan fingerprint density at radius 2 is 1.82 bits per heavy atom. The van der Waals surface area contributed by atoms with Crippen molar-refractivity contribution in [3.05, 3.63) is 89.7 Å². The number of benzene rings is 3. The number of esters is 1. The molecule has 236 valence electrons. The highest BCUT2D eigenvalue weighted by Gasteiger charge is 2.36. The zero-order chi connectivity index (χ0) is 32.7. The molecule has 1 heterocycles. The Balaban J connectivity index is 1.43. The number of methoxy groups -OCH3 is 1. The van der Waals surface area contributed by atoms with Crippen molar-refractivity contribution in [1.82, 2.24) is 4.90 Å². The molecule has 1 fully saturated rings. The molecule has 3 aromatic rings. The van der Waals surface area contributed by atoms with Crippen molar-refractivity contribution in [1.29, 1.82) is 0 Å². The Morgan fingerprint density at radius 1 is 1.04 bits per heavy atom. The molecule has 45 heavy (non-hydrogen) atoms. The second kappa shape index (κ2) is 15.9. The van der Waals surface area contributed by atoms with Crippen LogP contribution in [0.1, 0.15) is 41.3 Å². The topological polar surface area (TPSA) is 111 Å². The van der Waals surface area contributed by atoms with Crippen LogP contribution >= 0.6 is 62.5 Å². The van der Waals surface area contributed by atoms with Gasteiger partial charge in [0, 0.05) is 21.3 Å². The number of nitrogens with zero attached hydrogens (tertiary/aromatic N) is 1. The highest BCUT2D eigenvalue weighted by Crippen LogP contribution is 2.40. The summed E-state index contributed by atoms with van der Waals surface area (Å²) in [5, 5.41) is 3.12. The van der Waals surface area contributed by atoms with E-state index in [0.29, 0.717) is 49.8 Å². The molecular formula is C31H26BrCl3N2O7S. The van der Waals surface area contributed by atoms with Gasteiger partial charge in [-0.1, -0.05) is 54.2 Å². The number of hydrogen-bond donors (Lipinski definition) is 1. The molecule has 1 saturated heterocycles.